The van der Waals surface area contributed by atoms with Gasteiger partial charge in [-0.3, -0.25) is 9.59 Å². The number of rotatable bonds is 6. The lowest BCUT2D eigenvalue weighted by Gasteiger charge is -2.45. The first-order chi connectivity index (χ1) is 15.5. The number of nitrogens with zero attached hydrogens (tertiary/aromatic N) is 3. The Morgan fingerprint density at radius 2 is 1.88 bits per heavy atom. The van der Waals surface area contributed by atoms with Crippen molar-refractivity contribution in [3.63, 3.8) is 0 Å². The smallest absolute Gasteiger partial charge is 0.271 e. The number of nitrogens with one attached hydrogen (secondary N) is 1. The molecule has 32 heavy (non-hydrogen) atoms. The van der Waals surface area contributed by atoms with Gasteiger partial charge in [-0.1, -0.05) is 26.2 Å². The largest absolute Gasteiger partial charge is 0.351 e. The number of hydrogen-bond acceptors (Lipinski definition) is 4. The Labute approximate surface area is 194 Å². The van der Waals surface area contributed by atoms with Crippen LogP contribution in [0.4, 0.5) is 0 Å². The normalized spacial score (nSPS) is 24.9. The zero-order valence-electron chi connectivity index (χ0n) is 19.5. The molecule has 2 amide bonds. The van der Waals surface area contributed by atoms with Crippen molar-refractivity contribution in [3.05, 3.63) is 22.7 Å². The number of likely N-dealkylation sites (tertiary alicyclic amines) is 1. The average molecular weight is 457 g/mol. The van der Waals surface area contributed by atoms with Gasteiger partial charge in [0.2, 0.25) is 5.91 Å². The molecule has 7 heteroatoms. The van der Waals surface area contributed by atoms with Gasteiger partial charge in [-0.15, -0.1) is 11.3 Å². The average Bonchev–Trinajstić information content (AvgIpc) is 3.51. The second-order valence-electron chi connectivity index (χ2n) is 10.0. The van der Waals surface area contributed by atoms with Crippen molar-refractivity contribution in [2.24, 2.45) is 0 Å². The highest BCUT2D eigenvalue weighted by molar-refractivity contribution is 7.19. The standard InChI is InChI=1S/C25H36N4O2S/c1-3-19-15-20-22(32-19)16-21-23(30)29(14-13-27-11-7-8-12-27)25(2,17-28(20)21)24(31)26-18-9-5-4-6-10-18/h15-16,18H,3-14,17H2,1-2H3,(H,26,31). The number of carbonyl (C=O) groups is 2. The van der Waals surface area contributed by atoms with Gasteiger partial charge in [0, 0.05) is 24.0 Å². The summed E-state index contributed by atoms with van der Waals surface area (Å²) in [7, 11) is 0. The van der Waals surface area contributed by atoms with Gasteiger partial charge < -0.3 is 19.7 Å². The molecule has 4 heterocycles. The van der Waals surface area contributed by atoms with E-state index in [1.54, 1.807) is 11.3 Å². The van der Waals surface area contributed by atoms with Crippen LogP contribution in [-0.2, 0) is 17.8 Å². The molecule has 1 atom stereocenters. The van der Waals surface area contributed by atoms with Crippen LogP contribution in [0.3, 0.4) is 0 Å². The summed E-state index contributed by atoms with van der Waals surface area (Å²) in [6.07, 6.45) is 9.15. The molecule has 2 aromatic rings. The van der Waals surface area contributed by atoms with Crippen molar-refractivity contribution < 1.29 is 9.59 Å². The first-order valence-corrected chi connectivity index (χ1v) is 13.3. The highest BCUT2D eigenvalue weighted by atomic mass is 32.1. The number of aromatic nitrogens is 1. The van der Waals surface area contributed by atoms with Crippen LogP contribution in [-0.4, -0.2) is 63.9 Å². The summed E-state index contributed by atoms with van der Waals surface area (Å²) in [4.78, 5) is 33.1. The summed E-state index contributed by atoms with van der Waals surface area (Å²) >= 11 is 1.76. The van der Waals surface area contributed by atoms with Gasteiger partial charge >= 0.3 is 0 Å². The van der Waals surface area contributed by atoms with Gasteiger partial charge in [-0.2, -0.15) is 0 Å². The van der Waals surface area contributed by atoms with E-state index in [-0.39, 0.29) is 17.9 Å². The Bertz CT molecular complexity index is 999. The number of hydrogen-bond donors (Lipinski definition) is 1. The van der Waals surface area contributed by atoms with Crippen molar-refractivity contribution in [2.75, 3.05) is 26.2 Å². The highest BCUT2D eigenvalue weighted by Gasteiger charge is 2.48. The summed E-state index contributed by atoms with van der Waals surface area (Å²) in [6, 6.07) is 4.49. The SMILES string of the molecule is CCc1cc2c(cc3n2CC(C)(C(=O)NC2CCCCC2)N(CCN2CCCC2)C3=O)s1. The lowest BCUT2D eigenvalue weighted by Crippen LogP contribution is -2.65. The predicted molar refractivity (Wildman–Crippen MR) is 129 cm³/mol. The first-order valence-electron chi connectivity index (χ1n) is 12.5. The van der Waals surface area contributed by atoms with Crippen LogP contribution < -0.4 is 5.32 Å². The van der Waals surface area contributed by atoms with E-state index in [0.29, 0.717) is 13.1 Å². The molecule has 2 fully saturated rings. The molecular formula is C25H36N4O2S. The van der Waals surface area contributed by atoms with Gasteiger partial charge in [0.1, 0.15) is 11.2 Å². The molecule has 1 unspecified atom stereocenters. The van der Waals surface area contributed by atoms with Crippen LogP contribution in [0.5, 0.6) is 0 Å². The number of fused-ring (bicyclic) bond motifs is 3. The topological polar surface area (TPSA) is 57.6 Å². The van der Waals surface area contributed by atoms with Gasteiger partial charge in [0.25, 0.3) is 5.91 Å². The minimum absolute atomic E-state index is 0.00168. The molecule has 5 rings (SSSR count). The number of amides is 2. The maximum atomic E-state index is 13.8. The third-order valence-electron chi connectivity index (χ3n) is 7.78. The molecular weight excluding hydrogens is 420 g/mol. The van der Waals surface area contributed by atoms with Crippen LogP contribution in [0.15, 0.2) is 12.1 Å². The van der Waals surface area contributed by atoms with Gasteiger partial charge in [-0.05, 0) is 64.3 Å². The van der Waals surface area contributed by atoms with Crippen LogP contribution in [0.2, 0.25) is 0 Å². The fourth-order valence-electron chi connectivity index (χ4n) is 5.75. The first kappa shape index (κ1) is 22.0. The van der Waals surface area contributed by atoms with Crippen LogP contribution >= 0.6 is 11.3 Å². The summed E-state index contributed by atoms with van der Waals surface area (Å²) < 4.78 is 3.27. The molecule has 0 bridgehead atoms. The minimum atomic E-state index is -0.873. The summed E-state index contributed by atoms with van der Waals surface area (Å²) in [6.45, 7) is 8.30. The van der Waals surface area contributed by atoms with Crippen LogP contribution in [0, 0.1) is 0 Å². The van der Waals surface area contributed by atoms with Crippen LogP contribution in [0.1, 0.15) is 74.2 Å². The van der Waals surface area contributed by atoms with E-state index in [2.05, 4.69) is 27.8 Å². The molecule has 1 N–H and O–H groups in total. The highest BCUT2D eigenvalue weighted by Crippen LogP contribution is 2.36. The summed E-state index contributed by atoms with van der Waals surface area (Å²) in [5.74, 6) is 0.0100. The third kappa shape index (κ3) is 3.87. The number of aryl methyl sites for hydroxylation is 1. The van der Waals surface area contributed by atoms with Gasteiger partial charge in [-0.25, -0.2) is 0 Å². The Balaban J connectivity index is 1.46. The Hall–Kier alpha value is -1.86. The molecule has 2 aromatic heterocycles. The fourth-order valence-corrected chi connectivity index (χ4v) is 6.79. The van der Waals surface area contributed by atoms with E-state index in [9.17, 15) is 9.59 Å². The van der Waals surface area contributed by atoms with Gasteiger partial charge in [0.15, 0.2) is 0 Å². The van der Waals surface area contributed by atoms with Crippen molar-refractivity contribution in [3.8, 4) is 0 Å². The monoisotopic (exact) mass is 456 g/mol. The molecule has 0 radical (unpaired) electrons. The third-order valence-corrected chi connectivity index (χ3v) is 9.00. The Morgan fingerprint density at radius 1 is 1.12 bits per heavy atom. The van der Waals surface area contributed by atoms with Crippen molar-refractivity contribution in [1.29, 1.82) is 0 Å². The predicted octanol–water partition coefficient (Wildman–Crippen LogP) is 4.02. The summed E-state index contributed by atoms with van der Waals surface area (Å²) in [5, 5.41) is 3.34. The van der Waals surface area contributed by atoms with Crippen molar-refractivity contribution in [2.45, 2.75) is 83.3 Å². The van der Waals surface area contributed by atoms with E-state index in [0.717, 1.165) is 54.8 Å². The maximum Gasteiger partial charge on any atom is 0.271 e. The fraction of sp³-hybridized carbons (Fsp3) is 0.680. The molecule has 3 aliphatic rings. The second-order valence-corrected chi connectivity index (χ2v) is 11.2. The van der Waals surface area contributed by atoms with E-state index in [1.807, 2.05) is 17.9 Å². The zero-order chi connectivity index (χ0) is 22.3. The lowest BCUT2D eigenvalue weighted by atomic mass is 9.91. The van der Waals surface area contributed by atoms with E-state index < -0.39 is 5.54 Å². The zero-order valence-corrected chi connectivity index (χ0v) is 20.3. The Kier molecular flexibility index (Phi) is 6.05. The molecule has 2 aliphatic heterocycles. The maximum absolute atomic E-state index is 13.8. The van der Waals surface area contributed by atoms with E-state index in [1.165, 1.54) is 37.0 Å². The molecule has 6 nitrogen and oxygen atoms in total. The number of thiophene rings is 1. The van der Waals surface area contributed by atoms with E-state index >= 15 is 0 Å². The van der Waals surface area contributed by atoms with Gasteiger partial charge in [0.05, 0.1) is 16.8 Å². The number of carbonyl (C=O) groups excluding carboxylic acids is 2. The summed E-state index contributed by atoms with van der Waals surface area (Å²) in [5.41, 5.74) is 0.964. The van der Waals surface area contributed by atoms with Crippen molar-refractivity contribution >= 4 is 33.4 Å². The van der Waals surface area contributed by atoms with E-state index in [4.69, 9.17) is 0 Å². The molecule has 1 saturated carbocycles. The quantitative estimate of drug-likeness (QED) is 0.714. The van der Waals surface area contributed by atoms with Crippen LogP contribution in [0.25, 0.3) is 10.2 Å². The molecule has 1 saturated heterocycles. The molecule has 0 aromatic carbocycles. The Morgan fingerprint density at radius 3 is 2.59 bits per heavy atom. The van der Waals surface area contributed by atoms with Crippen molar-refractivity contribution in [1.82, 2.24) is 19.7 Å². The molecule has 0 spiro atoms. The molecule has 1 aliphatic carbocycles. The minimum Gasteiger partial charge on any atom is -0.351 e. The molecule has 174 valence electrons. The second kappa shape index (κ2) is 8.82. The lowest BCUT2D eigenvalue weighted by molar-refractivity contribution is -0.133.